The van der Waals surface area contributed by atoms with Gasteiger partial charge in [-0.3, -0.25) is 9.59 Å². The minimum absolute atomic E-state index is 0.0506. The van der Waals surface area contributed by atoms with E-state index in [1.165, 1.54) is 18.9 Å². The molecule has 8 heteroatoms. The van der Waals surface area contributed by atoms with E-state index in [0.29, 0.717) is 6.61 Å². The molecule has 0 aromatic heterocycles. The first-order valence-corrected chi connectivity index (χ1v) is 18.4. The van der Waals surface area contributed by atoms with Gasteiger partial charge >= 0.3 is 11.9 Å². The van der Waals surface area contributed by atoms with Crippen LogP contribution in [0.2, 0.25) is 38.3 Å². The summed E-state index contributed by atoms with van der Waals surface area (Å²) in [5.41, 5.74) is 0. The Hall–Kier alpha value is -3.35. The molecule has 0 rings (SSSR count). The first-order valence-electron chi connectivity index (χ1n) is 12.2. The predicted octanol–water partition coefficient (Wildman–Crippen LogP) is 3.90. The third-order valence-corrected chi connectivity index (χ3v) is 12.3. The second-order valence-corrected chi connectivity index (χ2v) is 18.0. The van der Waals surface area contributed by atoms with Crippen molar-refractivity contribution in [3.05, 3.63) is 0 Å². The molecule has 196 valence electrons. The van der Waals surface area contributed by atoms with Gasteiger partial charge in [0.05, 0.1) is 13.0 Å². The Balaban J connectivity index is 4.32. The number of hydrogen-bond donors (Lipinski definition) is 1. The Morgan fingerprint density at radius 2 is 1.35 bits per heavy atom. The van der Waals surface area contributed by atoms with E-state index < -0.39 is 34.5 Å². The van der Waals surface area contributed by atoms with Crippen molar-refractivity contribution in [3.8, 4) is 71.5 Å². The first-order chi connectivity index (χ1) is 17.5. The van der Waals surface area contributed by atoms with Crippen LogP contribution in [0.5, 0.6) is 0 Å². The molecule has 1 atom stereocenters. The molecule has 0 bridgehead atoms. The lowest BCUT2D eigenvalue weighted by Crippen LogP contribution is -2.44. The van der Waals surface area contributed by atoms with Crippen molar-refractivity contribution in [2.75, 3.05) is 19.8 Å². The number of aliphatic carboxylic acids is 1. The van der Waals surface area contributed by atoms with Crippen molar-refractivity contribution in [2.24, 2.45) is 5.92 Å². The molecule has 1 N–H and O–H groups in total. The number of unbranched alkanes of at least 4 members (excludes halogenated alkanes) is 1. The van der Waals surface area contributed by atoms with E-state index in [9.17, 15) is 14.7 Å². The number of hydrogen-bond acceptors (Lipinski definition) is 5. The van der Waals surface area contributed by atoms with Gasteiger partial charge in [-0.1, -0.05) is 25.7 Å². The van der Waals surface area contributed by atoms with Crippen molar-refractivity contribution in [2.45, 2.75) is 70.9 Å². The van der Waals surface area contributed by atoms with Crippen molar-refractivity contribution in [1.82, 2.24) is 0 Å². The minimum Gasteiger partial charge on any atom is -0.480 e. The van der Waals surface area contributed by atoms with Crippen LogP contribution in [0.15, 0.2) is 0 Å². The van der Waals surface area contributed by atoms with E-state index in [-0.39, 0.29) is 19.6 Å². The lowest BCUT2D eigenvalue weighted by atomic mass is 10.1. The van der Waals surface area contributed by atoms with Gasteiger partial charge in [0, 0.05) is 6.61 Å². The van der Waals surface area contributed by atoms with E-state index in [4.69, 9.17) is 20.0 Å². The van der Waals surface area contributed by atoms with Crippen LogP contribution < -0.4 is 0 Å². The fourth-order valence-electron chi connectivity index (χ4n) is 3.17. The molecule has 0 saturated carbocycles. The summed E-state index contributed by atoms with van der Waals surface area (Å²) in [6.45, 7) is 12.2. The summed E-state index contributed by atoms with van der Waals surface area (Å²) in [4.78, 5) is 23.3. The van der Waals surface area contributed by atoms with E-state index in [1.54, 1.807) is 0 Å². The Morgan fingerprint density at radius 1 is 0.811 bits per heavy atom. The highest BCUT2D eigenvalue weighted by Crippen LogP contribution is 2.24. The zero-order valence-corrected chi connectivity index (χ0v) is 24.5. The maximum Gasteiger partial charge on any atom is 0.319 e. The summed E-state index contributed by atoms with van der Waals surface area (Å²) < 4.78 is 17.2. The first kappa shape index (κ1) is 33.7. The third kappa shape index (κ3) is 20.5. The smallest absolute Gasteiger partial charge is 0.319 e. The van der Waals surface area contributed by atoms with Crippen molar-refractivity contribution in [3.63, 3.8) is 0 Å². The Morgan fingerprint density at radius 3 is 1.89 bits per heavy atom. The second kappa shape index (κ2) is 19.8. The Bertz CT molecular complexity index is 1110. The van der Waals surface area contributed by atoms with E-state index >= 15 is 0 Å². The van der Waals surface area contributed by atoms with Gasteiger partial charge in [0.1, 0.15) is 12.5 Å². The summed E-state index contributed by atoms with van der Waals surface area (Å²) in [7, 11) is -3.35. The summed E-state index contributed by atoms with van der Waals surface area (Å²) in [6.07, 6.45) is 7.85. The summed E-state index contributed by atoms with van der Waals surface area (Å²) >= 11 is 0. The monoisotopic (exact) mass is 536 g/mol. The Kier molecular flexibility index (Phi) is 18.0. The molecule has 0 fully saturated rings. The van der Waals surface area contributed by atoms with Gasteiger partial charge in [-0.15, -0.1) is 6.42 Å². The highest BCUT2D eigenvalue weighted by atomic mass is 28.4. The average Bonchev–Trinajstić information content (AvgIpc) is 2.81. The van der Waals surface area contributed by atoms with Gasteiger partial charge in [0.25, 0.3) is 0 Å². The number of esters is 1. The molecule has 0 heterocycles. The van der Waals surface area contributed by atoms with Gasteiger partial charge in [-0.05, 0) is 104 Å². The zero-order valence-electron chi connectivity index (χ0n) is 22.5. The molecule has 0 aliphatic rings. The van der Waals surface area contributed by atoms with Crippen LogP contribution >= 0.6 is 0 Å². The summed E-state index contributed by atoms with van der Waals surface area (Å²) in [5.74, 6) is 22.9. The maximum atomic E-state index is 12.0. The van der Waals surface area contributed by atoms with Crippen LogP contribution in [0.4, 0.5) is 0 Å². The predicted molar refractivity (Wildman–Crippen MR) is 150 cm³/mol. The van der Waals surface area contributed by atoms with Gasteiger partial charge in [0.15, 0.2) is 16.6 Å². The molecule has 6 nitrogen and oxygen atoms in total. The van der Waals surface area contributed by atoms with E-state index in [2.05, 4.69) is 98.2 Å². The third-order valence-electron chi connectivity index (χ3n) is 4.73. The number of carboxylic acids is 1. The maximum absolute atomic E-state index is 12.0. The van der Waals surface area contributed by atoms with Crippen LogP contribution in [0.3, 0.4) is 0 Å². The van der Waals surface area contributed by atoms with Crippen LogP contribution in [0.25, 0.3) is 0 Å². The van der Waals surface area contributed by atoms with Gasteiger partial charge in [0.2, 0.25) is 0 Å². The molecule has 0 amide bonds. The van der Waals surface area contributed by atoms with Gasteiger partial charge < -0.3 is 18.7 Å². The SMILES string of the molecule is C#CC#CC#CC#CC#CC#CC(CC(=O)OCCOCCC[Si](C)(C)O[Si](C)(C)CCCC)C(=O)O. The number of carbonyl (C=O) groups is 2. The minimum atomic E-state index is -1.74. The normalized spacial score (nSPS) is 10.6. The zero-order chi connectivity index (χ0) is 28.0. The molecular weight excluding hydrogens is 500 g/mol. The van der Waals surface area contributed by atoms with Crippen LogP contribution in [-0.2, 0) is 23.2 Å². The lowest BCUT2D eigenvalue weighted by Gasteiger charge is -2.34. The molecule has 0 spiro atoms. The summed E-state index contributed by atoms with van der Waals surface area (Å²) in [5, 5.41) is 9.25. The topological polar surface area (TPSA) is 82.1 Å². The number of rotatable bonds is 15. The van der Waals surface area contributed by atoms with E-state index in [0.717, 1.165) is 12.5 Å². The van der Waals surface area contributed by atoms with Crippen LogP contribution in [0, 0.1) is 77.5 Å². The molecule has 37 heavy (non-hydrogen) atoms. The number of terminal acetylenes is 1. The fourth-order valence-corrected chi connectivity index (χ4v) is 12.2. The molecule has 0 aliphatic heterocycles. The molecule has 0 aliphatic carbocycles. The van der Waals surface area contributed by atoms with Crippen molar-refractivity contribution < 1.29 is 28.3 Å². The van der Waals surface area contributed by atoms with Gasteiger partial charge in [-0.2, -0.15) is 0 Å². The molecule has 1 unspecified atom stereocenters. The van der Waals surface area contributed by atoms with Crippen molar-refractivity contribution in [1.29, 1.82) is 0 Å². The fraction of sp³-hybridized carbons (Fsp3) is 0.517. The number of carbonyl (C=O) groups excluding carboxylic acids is 1. The molecular formula is C29H36O6Si2. The number of ether oxygens (including phenoxy) is 2. The number of carboxylic acid groups (broad SMARTS) is 1. The largest absolute Gasteiger partial charge is 0.480 e. The average molecular weight is 537 g/mol. The molecule has 0 saturated heterocycles. The summed E-state index contributed by atoms with van der Waals surface area (Å²) in [6, 6.07) is 2.20. The quantitative estimate of drug-likeness (QED) is 0.148. The molecule has 0 radical (unpaired) electrons. The highest BCUT2D eigenvalue weighted by molar-refractivity contribution is 6.84. The standard InChI is InChI=1S/C29H36O6Si2/c1-7-9-11-12-13-14-15-16-17-18-20-27(29(31)32)26-28(30)34-23-22-33-21-19-25-37(5,6)35-36(3,4)24-10-8-2/h1,27H,8,10,19,21-26H2,2-6H3,(H,31,32). The highest BCUT2D eigenvalue weighted by Gasteiger charge is 2.32. The van der Waals surface area contributed by atoms with E-state index in [1.807, 2.05) is 0 Å². The van der Waals surface area contributed by atoms with Crippen molar-refractivity contribution >= 4 is 28.6 Å². The Labute approximate surface area is 224 Å². The lowest BCUT2D eigenvalue weighted by molar-refractivity contribution is -0.150. The van der Waals surface area contributed by atoms with Gasteiger partial charge in [-0.25, -0.2) is 0 Å². The molecule has 0 aromatic rings. The van der Waals surface area contributed by atoms with Crippen LogP contribution in [-0.4, -0.2) is 53.5 Å². The van der Waals surface area contributed by atoms with Crippen LogP contribution in [0.1, 0.15) is 32.6 Å². The second-order valence-electron chi connectivity index (χ2n) is 9.17. The molecule has 0 aromatic carbocycles.